The Kier molecular flexibility index (Phi) is 6.47. The van der Waals surface area contributed by atoms with Gasteiger partial charge in [-0.25, -0.2) is 9.18 Å². The van der Waals surface area contributed by atoms with Crippen LogP contribution in [0.5, 0.6) is 5.75 Å². The Morgan fingerprint density at radius 1 is 1.14 bits per heavy atom. The molecule has 6 nitrogen and oxygen atoms in total. The number of hydrogen-bond acceptors (Lipinski definition) is 3. The summed E-state index contributed by atoms with van der Waals surface area (Å²) >= 11 is 0. The topological polar surface area (TPSA) is 70.7 Å². The molecule has 0 saturated carbocycles. The number of piperidine rings is 1. The summed E-state index contributed by atoms with van der Waals surface area (Å²) in [5, 5.41) is 5.69. The summed E-state index contributed by atoms with van der Waals surface area (Å²) in [7, 11) is 1.61. The first-order valence-corrected chi connectivity index (χ1v) is 9.27. The summed E-state index contributed by atoms with van der Waals surface area (Å²) in [5.74, 6) is 0.107. The van der Waals surface area contributed by atoms with Crippen molar-refractivity contribution < 1.29 is 18.7 Å². The van der Waals surface area contributed by atoms with Crippen LogP contribution in [-0.4, -0.2) is 37.0 Å². The highest BCUT2D eigenvalue weighted by molar-refractivity contribution is 5.90. The van der Waals surface area contributed by atoms with Crippen LogP contribution < -0.4 is 15.4 Å². The fourth-order valence-corrected chi connectivity index (χ4v) is 3.19. The zero-order chi connectivity index (χ0) is 19.9. The maximum absolute atomic E-state index is 13.0. The van der Waals surface area contributed by atoms with Gasteiger partial charge in [-0.3, -0.25) is 4.79 Å². The number of nitrogens with zero attached hydrogens (tertiary/aromatic N) is 1. The van der Waals surface area contributed by atoms with Gasteiger partial charge < -0.3 is 20.3 Å². The van der Waals surface area contributed by atoms with Gasteiger partial charge in [0.25, 0.3) is 0 Å². The summed E-state index contributed by atoms with van der Waals surface area (Å²) in [6.45, 7) is 1.39. The van der Waals surface area contributed by atoms with Crippen molar-refractivity contribution in [3.8, 4) is 5.75 Å². The number of hydrogen-bond donors (Lipinski definition) is 2. The zero-order valence-electron chi connectivity index (χ0n) is 15.8. The maximum Gasteiger partial charge on any atom is 0.321 e. The minimum atomic E-state index is -0.357. The van der Waals surface area contributed by atoms with E-state index in [9.17, 15) is 14.0 Å². The van der Waals surface area contributed by atoms with Crippen LogP contribution in [0.15, 0.2) is 48.5 Å². The summed E-state index contributed by atoms with van der Waals surface area (Å²) < 4.78 is 18.1. The Morgan fingerprint density at radius 3 is 2.54 bits per heavy atom. The monoisotopic (exact) mass is 385 g/mol. The molecule has 1 atom stereocenters. The molecule has 0 unspecified atom stereocenters. The van der Waals surface area contributed by atoms with Gasteiger partial charge in [-0.15, -0.1) is 0 Å². The molecule has 0 aromatic heterocycles. The van der Waals surface area contributed by atoms with E-state index < -0.39 is 0 Å². The van der Waals surface area contributed by atoms with Crippen LogP contribution in [-0.2, 0) is 11.3 Å². The molecule has 1 aliphatic heterocycles. The van der Waals surface area contributed by atoms with Crippen molar-refractivity contribution in [3.05, 3.63) is 59.9 Å². The molecule has 148 valence electrons. The molecule has 2 aromatic carbocycles. The smallest absolute Gasteiger partial charge is 0.321 e. The molecular formula is C21H24FN3O3. The lowest BCUT2D eigenvalue weighted by atomic mass is 9.97. The third kappa shape index (κ3) is 5.22. The number of urea groups is 1. The van der Waals surface area contributed by atoms with Gasteiger partial charge in [-0.05, 0) is 54.8 Å². The Balaban J connectivity index is 1.50. The predicted molar refractivity (Wildman–Crippen MR) is 105 cm³/mol. The van der Waals surface area contributed by atoms with Crippen LogP contribution in [0.25, 0.3) is 0 Å². The Hall–Kier alpha value is -3.09. The third-order valence-electron chi connectivity index (χ3n) is 4.80. The van der Waals surface area contributed by atoms with E-state index in [0.29, 0.717) is 25.3 Å². The van der Waals surface area contributed by atoms with Gasteiger partial charge in [0.2, 0.25) is 5.91 Å². The van der Waals surface area contributed by atoms with Gasteiger partial charge >= 0.3 is 6.03 Å². The molecule has 0 spiro atoms. The predicted octanol–water partition coefficient (Wildman–Crippen LogP) is 3.39. The van der Waals surface area contributed by atoms with E-state index in [0.717, 1.165) is 24.2 Å². The normalized spacial score (nSPS) is 16.4. The molecule has 2 N–H and O–H groups in total. The lowest BCUT2D eigenvalue weighted by Gasteiger charge is -2.32. The number of carbonyl (C=O) groups excluding carboxylic acids is 2. The summed E-state index contributed by atoms with van der Waals surface area (Å²) in [4.78, 5) is 26.6. The van der Waals surface area contributed by atoms with Crippen LogP contribution >= 0.6 is 0 Å². The number of ether oxygens (including phenoxy) is 1. The average Bonchev–Trinajstić information content (AvgIpc) is 2.74. The summed E-state index contributed by atoms with van der Waals surface area (Å²) in [6, 6.07) is 12.8. The molecular weight excluding hydrogens is 361 g/mol. The molecule has 1 saturated heterocycles. The lowest BCUT2D eigenvalue weighted by molar-refractivity contribution is -0.126. The number of nitrogens with one attached hydrogen (secondary N) is 2. The first kappa shape index (κ1) is 19.7. The first-order chi connectivity index (χ1) is 13.5. The Morgan fingerprint density at radius 2 is 1.86 bits per heavy atom. The van der Waals surface area contributed by atoms with Crippen molar-refractivity contribution in [2.24, 2.45) is 5.92 Å². The molecule has 1 aliphatic rings. The van der Waals surface area contributed by atoms with Crippen molar-refractivity contribution in [1.29, 1.82) is 0 Å². The van der Waals surface area contributed by atoms with Gasteiger partial charge in [0, 0.05) is 25.3 Å². The number of amides is 3. The molecule has 2 aromatic rings. The van der Waals surface area contributed by atoms with E-state index in [1.165, 1.54) is 24.3 Å². The molecule has 3 amide bonds. The van der Waals surface area contributed by atoms with Crippen LogP contribution in [0.2, 0.25) is 0 Å². The first-order valence-electron chi connectivity index (χ1n) is 9.27. The average molecular weight is 385 g/mol. The number of rotatable bonds is 5. The SMILES string of the molecule is COc1ccc(CNC(=O)[C@H]2CCCN(C(=O)Nc3ccc(F)cc3)C2)cc1. The number of anilines is 1. The maximum atomic E-state index is 13.0. The molecule has 1 heterocycles. The minimum absolute atomic E-state index is 0.0601. The van der Waals surface area contributed by atoms with Crippen LogP contribution in [0.4, 0.5) is 14.9 Å². The van der Waals surface area contributed by atoms with Crippen molar-refractivity contribution in [1.82, 2.24) is 10.2 Å². The van der Waals surface area contributed by atoms with Gasteiger partial charge in [0.1, 0.15) is 11.6 Å². The molecule has 3 rings (SSSR count). The van der Waals surface area contributed by atoms with Crippen LogP contribution in [0.1, 0.15) is 18.4 Å². The number of methoxy groups -OCH3 is 1. The second-order valence-corrected chi connectivity index (χ2v) is 6.79. The fourth-order valence-electron chi connectivity index (χ4n) is 3.19. The minimum Gasteiger partial charge on any atom is -0.497 e. The Bertz CT molecular complexity index is 809. The van der Waals surface area contributed by atoms with Crippen molar-refractivity contribution >= 4 is 17.6 Å². The summed E-state index contributed by atoms with van der Waals surface area (Å²) in [6.07, 6.45) is 1.51. The van der Waals surface area contributed by atoms with E-state index in [2.05, 4.69) is 10.6 Å². The summed E-state index contributed by atoms with van der Waals surface area (Å²) in [5.41, 5.74) is 1.51. The largest absolute Gasteiger partial charge is 0.497 e. The standard InChI is InChI=1S/C21H24FN3O3/c1-28-19-10-4-15(5-11-19)13-23-20(26)16-3-2-12-25(14-16)21(27)24-18-8-6-17(22)7-9-18/h4-11,16H,2-3,12-14H2,1H3,(H,23,26)(H,24,27)/t16-/m0/s1. The molecule has 0 radical (unpaired) electrons. The van der Waals surface area contributed by atoms with Crippen LogP contribution in [0, 0.1) is 11.7 Å². The number of halogens is 1. The van der Waals surface area contributed by atoms with Gasteiger partial charge in [-0.1, -0.05) is 12.1 Å². The quantitative estimate of drug-likeness (QED) is 0.829. The fraction of sp³-hybridized carbons (Fsp3) is 0.333. The number of carbonyl (C=O) groups is 2. The zero-order valence-corrected chi connectivity index (χ0v) is 15.8. The highest BCUT2D eigenvalue weighted by atomic mass is 19.1. The van der Waals surface area contributed by atoms with Crippen molar-refractivity contribution in [3.63, 3.8) is 0 Å². The second kappa shape index (κ2) is 9.21. The third-order valence-corrected chi connectivity index (χ3v) is 4.80. The van der Waals surface area contributed by atoms with Gasteiger partial charge in [-0.2, -0.15) is 0 Å². The van der Waals surface area contributed by atoms with E-state index in [-0.39, 0.29) is 23.7 Å². The molecule has 0 aliphatic carbocycles. The van der Waals surface area contributed by atoms with Crippen molar-refractivity contribution in [2.45, 2.75) is 19.4 Å². The molecule has 1 fully saturated rings. The molecule has 7 heteroatoms. The highest BCUT2D eigenvalue weighted by Gasteiger charge is 2.28. The van der Waals surface area contributed by atoms with Crippen molar-refractivity contribution in [2.75, 3.05) is 25.5 Å². The molecule has 0 bridgehead atoms. The van der Waals surface area contributed by atoms with E-state index in [1.54, 1.807) is 12.0 Å². The van der Waals surface area contributed by atoms with Gasteiger partial charge in [0.15, 0.2) is 0 Å². The van der Waals surface area contributed by atoms with E-state index >= 15 is 0 Å². The van der Waals surface area contributed by atoms with E-state index in [1.807, 2.05) is 24.3 Å². The molecule has 28 heavy (non-hydrogen) atoms. The van der Waals surface area contributed by atoms with E-state index in [4.69, 9.17) is 4.74 Å². The Labute approximate surface area is 163 Å². The van der Waals surface area contributed by atoms with Crippen LogP contribution in [0.3, 0.4) is 0 Å². The number of benzene rings is 2. The number of likely N-dealkylation sites (tertiary alicyclic amines) is 1. The van der Waals surface area contributed by atoms with Gasteiger partial charge in [0.05, 0.1) is 13.0 Å². The lowest BCUT2D eigenvalue weighted by Crippen LogP contribution is -2.46. The second-order valence-electron chi connectivity index (χ2n) is 6.79. The highest BCUT2D eigenvalue weighted by Crippen LogP contribution is 2.19.